The van der Waals surface area contributed by atoms with Gasteiger partial charge in [-0.15, -0.1) is 0 Å². The number of benzene rings is 2. The summed E-state index contributed by atoms with van der Waals surface area (Å²) in [7, 11) is 1.58. The van der Waals surface area contributed by atoms with Crippen LogP contribution in [0.3, 0.4) is 0 Å². The summed E-state index contributed by atoms with van der Waals surface area (Å²) in [4.78, 5) is 40.6. The third-order valence-corrected chi connectivity index (χ3v) is 4.69. The van der Waals surface area contributed by atoms with Crippen LogP contribution in [-0.2, 0) is 9.59 Å². The summed E-state index contributed by atoms with van der Waals surface area (Å²) in [6, 6.07) is 13.4. The highest BCUT2D eigenvalue weighted by Gasteiger charge is 2.30. The molecule has 6 nitrogen and oxygen atoms in total. The van der Waals surface area contributed by atoms with E-state index in [1.165, 1.54) is 4.90 Å². The molecule has 7 heteroatoms. The molecule has 27 heavy (non-hydrogen) atoms. The van der Waals surface area contributed by atoms with Crippen LogP contribution in [0.5, 0.6) is 0 Å². The third kappa shape index (κ3) is 4.11. The van der Waals surface area contributed by atoms with Gasteiger partial charge in [0.2, 0.25) is 11.8 Å². The number of rotatable bonds is 3. The van der Waals surface area contributed by atoms with Crippen LogP contribution in [0.4, 0.5) is 11.4 Å². The van der Waals surface area contributed by atoms with E-state index in [4.69, 9.17) is 11.6 Å². The number of hydrogen-bond donors (Lipinski definition) is 1. The molecule has 1 heterocycles. The molecule has 0 bridgehead atoms. The number of carbonyl (C=O) groups is 3. The number of halogens is 1. The summed E-state index contributed by atoms with van der Waals surface area (Å²) >= 11 is 5.85. The van der Waals surface area contributed by atoms with Crippen LogP contribution in [0.1, 0.15) is 23.7 Å². The summed E-state index contributed by atoms with van der Waals surface area (Å²) in [5, 5.41) is 3.36. The molecular weight excluding hydrogens is 366 g/mol. The minimum atomic E-state index is -0.319. The quantitative estimate of drug-likeness (QED) is 0.882. The van der Waals surface area contributed by atoms with Gasteiger partial charge in [-0.1, -0.05) is 23.7 Å². The van der Waals surface area contributed by atoms with Crippen molar-refractivity contribution >= 4 is 40.7 Å². The van der Waals surface area contributed by atoms with Crippen LogP contribution in [0, 0.1) is 0 Å². The smallest absolute Gasteiger partial charge is 0.254 e. The predicted octanol–water partition coefficient (Wildman–Crippen LogP) is 3.18. The number of anilines is 2. The van der Waals surface area contributed by atoms with E-state index in [1.807, 2.05) is 13.0 Å². The van der Waals surface area contributed by atoms with E-state index in [9.17, 15) is 14.4 Å². The maximum absolute atomic E-state index is 13.0. The Morgan fingerprint density at radius 2 is 1.85 bits per heavy atom. The lowest BCUT2D eigenvalue weighted by Gasteiger charge is -2.29. The predicted molar refractivity (Wildman–Crippen MR) is 105 cm³/mol. The average molecular weight is 386 g/mol. The van der Waals surface area contributed by atoms with Crippen molar-refractivity contribution < 1.29 is 14.4 Å². The SMILES string of the molecule is CC1CC(=O)Nc2ccccc2N1C(=O)CN(C)C(=O)c1ccc(Cl)cc1. The molecule has 1 atom stereocenters. The molecule has 0 radical (unpaired) electrons. The number of amides is 3. The first-order chi connectivity index (χ1) is 12.9. The van der Waals surface area contributed by atoms with Gasteiger partial charge in [0.1, 0.15) is 6.54 Å². The zero-order valence-electron chi connectivity index (χ0n) is 15.1. The monoisotopic (exact) mass is 385 g/mol. The lowest BCUT2D eigenvalue weighted by molar-refractivity contribution is -0.119. The van der Waals surface area contributed by atoms with Gasteiger partial charge in [-0.25, -0.2) is 0 Å². The molecule has 0 spiro atoms. The molecule has 1 aliphatic rings. The molecule has 0 aromatic heterocycles. The fourth-order valence-corrected chi connectivity index (χ4v) is 3.26. The van der Waals surface area contributed by atoms with Gasteiger partial charge in [-0.2, -0.15) is 0 Å². The molecule has 0 saturated carbocycles. The number of para-hydroxylation sites is 2. The molecule has 1 aliphatic heterocycles. The van der Waals surface area contributed by atoms with E-state index < -0.39 is 0 Å². The van der Waals surface area contributed by atoms with Crippen molar-refractivity contribution in [1.29, 1.82) is 0 Å². The number of fused-ring (bicyclic) bond motifs is 1. The van der Waals surface area contributed by atoms with Gasteiger partial charge in [-0.3, -0.25) is 14.4 Å². The van der Waals surface area contributed by atoms with Crippen LogP contribution >= 0.6 is 11.6 Å². The van der Waals surface area contributed by atoms with Crippen LogP contribution < -0.4 is 10.2 Å². The molecule has 3 rings (SSSR count). The van der Waals surface area contributed by atoms with E-state index >= 15 is 0 Å². The zero-order chi connectivity index (χ0) is 19.6. The number of likely N-dealkylation sites (N-methyl/N-ethyl adjacent to an activating group) is 1. The molecular formula is C20H20ClN3O3. The summed E-state index contributed by atoms with van der Waals surface area (Å²) in [6.45, 7) is 1.72. The van der Waals surface area contributed by atoms with Crippen molar-refractivity contribution in [3.8, 4) is 0 Å². The number of carbonyl (C=O) groups excluding carboxylic acids is 3. The van der Waals surface area contributed by atoms with Crippen molar-refractivity contribution in [3.63, 3.8) is 0 Å². The molecule has 2 aromatic carbocycles. The Labute approximate surface area is 162 Å². The minimum absolute atomic E-state index is 0.103. The van der Waals surface area contributed by atoms with Crippen LogP contribution in [0.15, 0.2) is 48.5 Å². The Bertz CT molecular complexity index is 882. The Morgan fingerprint density at radius 1 is 1.19 bits per heavy atom. The van der Waals surface area contributed by atoms with Crippen molar-refractivity contribution in [2.24, 2.45) is 0 Å². The van der Waals surface area contributed by atoms with E-state index in [-0.39, 0.29) is 36.7 Å². The molecule has 3 amide bonds. The summed E-state index contributed by atoms with van der Waals surface area (Å²) in [6.07, 6.45) is 0.190. The number of nitrogens with one attached hydrogen (secondary N) is 1. The molecule has 2 aromatic rings. The van der Waals surface area contributed by atoms with Gasteiger partial charge in [0.15, 0.2) is 0 Å². The van der Waals surface area contributed by atoms with E-state index in [2.05, 4.69) is 5.32 Å². The fourth-order valence-electron chi connectivity index (χ4n) is 3.13. The Morgan fingerprint density at radius 3 is 2.56 bits per heavy atom. The number of hydrogen-bond acceptors (Lipinski definition) is 3. The summed E-state index contributed by atoms with van der Waals surface area (Å²) < 4.78 is 0. The highest BCUT2D eigenvalue weighted by atomic mass is 35.5. The van der Waals surface area contributed by atoms with Gasteiger partial charge in [0.25, 0.3) is 5.91 Å². The van der Waals surface area contributed by atoms with E-state index in [1.54, 1.807) is 54.4 Å². The van der Waals surface area contributed by atoms with Crippen molar-refractivity contribution in [2.75, 3.05) is 23.8 Å². The Kier molecular flexibility index (Phi) is 5.46. The maximum Gasteiger partial charge on any atom is 0.254 e. The highest BCUT2D eigenvalue weighted by Crippen LogP contribution is 2.31. The fraction of sp³-hybridized carbons (Fsp3) is 0.250. The van der Waals surface area contributed by atoms with Crippen molar-refractivity contribution in [2.45, 2.75) is 19.4 Å². The molecule has 1 N–H and O–H groups in total. The van der Waals surface area contributed by atoms with E-state index in [0.717, 1.165) is 0 Å². The Balaban J connectivity index is 1.81. The first kappa shape index (κ1) is 18.9. The second-order valence-electron chi connectivity index (χ2n) is 6.55. The molecule has 140 valence electrons. The third-order valence-electron chi connectivity index (χ3n) is 4.44. The summed E-state index contributed by atoms with van der Waals surface area (Å²) in [5.41, 5.74) is 1.68. The van der Waals surface area contributed by atoms with Crippen LogP contribution in [0.2, 0.25) is 5.02 Å². The summed E-state index contributed by atoms with van der Waals surface area (Å²) in [5.74, 6) is -0.669. The van der Waals surface area contributed by atoms with Crippen LogP contribution in [0.25, 0.3) is 0 Å². The van der Waals surface area contributed by atoms with E-state index in [0.29, 0.717) is 22.0 Å². The molecule has 1 unspecified atom stereocenters. The minimum Gasteiger partial charge on any atom is -0.332 e. The second-order valence-corrected chi connectivity index (χ2v) is 6.99. The van der Waals surface area contributed by atoms with Gasteiger partial charge in [0, 0.05) is 30.1 Å². The lowest BCUT2D eigenvalue weighted by atomic mass is 10.1. The normalized spacial score (nSPS) is 16.2. The van der Waals surface area contributed by atoms with Gasteiger partial charge in [-0.05, 0) is 43.3 Å². The maximum atomic E-state index is 13.0. The first-order valence-corrected chi connectivity index (χ1v) is 8.96. The van der Waals surface area contributed by atoms with Crippen molar-refractivity contribution in [1.82, 2.24) is 4.90 Å². The molecule has 0 saturated heterocycles. The van der Waals surface area contributed by atoms with Crippen molar-refractivity contribution in [3.05, 3.63) is 59.1 Å². The van der Waals surface area contributed by atoms with Gasteiger partial charge in [0.05, 0.1) is 11.4 Å². The number of nitrogens with zero attached hydrogens (tertiary/aromatic N) is 2. The molecule has 0 fully saturated rings. The average Bonchev–Trinajstić information content (AvgIpc) is 2.75. The zero-order valence-corrected chi connectivity index (χ0v) is 15.9. The lowest BCUT2D eigenvalue weighted by Crippen LogP contribution is -2.45. The van der Waals surface area contributed by atoms with Gasteiger partial charge >= 0.3 is 0 Å². The Hall–Kier alpha value is -2.86. The highest BCUT2D eigenvalue weighted by molar-refractivity contribution is 6.30. The molecule has 0 aliphatic carbocycles. The topological polar surface area (TPSA) is 69.7 Å². The first-order valence-electron chi connectivity index (χ1n) is 8.59. The largest absolute Gasteiger partial charge is 0.332 e. The van der Waals surface area contributed by atoms with Crippen LogP contribution in [-0.4, -0.2) is 42.3 Å². The standard InChI is InChI=1S/C20H20ClN3O3/c1-13-11-18(25)22-16-5-3-4-6-17(16)24(13)19(26)12-23(2)20(27)14-7-9-15(21)10-8-14/h3-10,13H,11-12H2,1-2H3,(H,22,25). The van der Waals surface area contributed by atoms with Gasteiger partial charge < -0.3 is 15.1 Å². The second kappa shape index (κ2) is 7.80.